The lowest BCUT2D eigenvalue weighted by atomic mass is 10.1. The monoisotopic (exact) mass is 332 g/mol. The van der Waals surface area contributed by atoms with E-state index < -0.39 is 0 Å². The fraction of sp³-hybridized carbons (Fsp3) is 1.00. The van der Waals surface area contributed by atoms with Crippen LogP contribution in [0.25, 0.3) is 0 Å². The maximum atomic E-state index is 2.62. The Balaban J connectivity index is 0.00000133. The SMILES string of the molecule is CCCCCCCC[N+]12CN3CN(CN(C3)C1)C2.[Br-]. The lowest BCUT2D eigenvalue weighted by molar-refractivity contribution is -0.980. The Bertz CT molecular complexity index is 249. The van der Waals surface area contributed by atoms with E-state index in [0.29, 0.717) is 0 Å². The largest absolute Gasteiger partial charge is 1.00 e. The molecule has 4 bridgehead atoms. The van der Waals surface area contributed by atoms with Crippen molar-refractivity contribution in [2.75, 3.05) is 46.6 Å². The summed E-state index contributed by atoms with van der Waals surface area (Å²) in [4.78, 5) is 7.86. The van der Waals surface area contributed by atoms with E-state index in [4.69, 9.17) is 0 Å². The first-order valence-corrected chi connectivity index (χ1v) is 7.82. The van der Waals surface area contributed by atoms with E-state index >= 15 is 0 Å². The van der Waals surface area contributed by atoms with E-state index in [-0.39, 0.29) is 17.0 Å². The topological polar surface area (TPSA) is 9.72 Å². The molecule has 0 atom stereocenters. The van der Waals surface area contributed by atoms with Crippen LogP contribution < -0.4 is 17.0 Å². The van der Waals surface area contributed by atoms with Crippen molar-refractivity contribution >= 4 is 0 Å². The predicted octanol–water partition coefficient (Wildman–Crippen LogP) is -1.14. The van der Waals surface area contributed by atoms with E-state index in [9.17, 15) is 0 Å². The maximum Gasteiger partial charge on any atom is 0.139 e. The Hall–Kier alpha value is 0.320. The summed E-state index contributed by atoms with van der Waals surface area (Å²) in [5.74, 6) is 0. The average molecular weight is 333 g/mol. The molecule has 4 nitrogen and oxygen atoms in total. The molecule has 4 heterocycles. The second kappa shape index (κ2) is 6.85. The minimum absolute atomic E-state index is 0. The molecule has 0 unspecified atom stereocenters. The molecule has 4 fully saturated rings. The van der Waals surface area contributed by atoms with Crippen LogP contribution in [0.15, 0.2) is 0 Å². The third-order valence-corrected chi connectivity index (χ3v) is 4.69. The zero-order valence-electron chi connectivity index (χ0n) is 12.4. The van der Waals surface area contributed by atoms with Gasteiger partial charge in [0.05, 0.1) is 26.6 Å². The second-order valence-electron chi connectivity index (χ2n) is 6.69. The molecule has 0 radical (unpaired) electrons. The van der Waals surface area contributed by atoms with Crippen LogP contribution >= 0.6 is 0 Å². The highest BCUT2D eigenvalue weighted by molar-refractivity contribution is 4.73. The molecule has 0 amide bonds. The Morgan fingerprint density at radius 3 is 1.74 bits per heavy atom. The van der Waals surface area contributed by atoms with Crippen molar-refractivity contribution < 1.29 is 21.5 Å². The highest BCUT2D eigenvalue weighted by Crippen LogP contribution is 2.29. The summed E-state index contributed by atoms with van der Waals surface area (Å²) < 4.78 is 1.33. The zero-order chi connectivity index (χ0) is 12.4. The molecule has 4 aliphatic rings. The molecule has 5 heteroatoms. The Labute approximate surface area is 128 Å². The van der Waals surface area contributed by atoms with E-state index in [1.54, 1.807) is 0 Å². The van der Waals surface area contributed by atoms with Gasteiger partial charge in [-0.3, -0.25) is 4.48 Å². The van der Waals surface area contributed by atoms with Gasteiger partial charge in [0.2, 0.25) is 0 Å². The molecule has 0 spiro atoms. The van der Waals surface area contributed by atoms with Crippen LogP contribution in [0.1, 0.15) is 45.4 Å². The van der Waals surface area contributed by atoms with Crippen LogP contribution in [-0.4, -0.2) is 65.7 Å². The number of hydrogen-bond acceptors (Lipinski definition) is 3. The van der Waals surface area contributed by atoms with Crippen LogP contribution in [0, 0.1) is 0 Å². The van der Waals surface area contributed by atoms with Gasteiger partial charge in [-0.05, 0) is 12.8 Å². The molecule has 0 aromatic carbocycles. The number of unbranched alkanes of at least 4 members (excludes halogenated alkanes) is 5. The number of quaternary nitrogens is 1. The van der Waals surface area contributed by atoms with Crippen molar-refractivity contribution in [3.8, 4) is 0 Å². The van der Waals surface area contributed by atoms with Crippen molar-refractivity contribution in [1.29, 1.82) is 0 Å². The van der Waals surface area contributed by atoms with E-state index in [0.717, 1.165) is 0 Å². The van der Waals surface area contributed by atoms with E-state index in [2.05, 4.69) is 21.6 Å². The summed E-state index contributed by atoms with van der Waals surface area (Å²) in [6.45, 7) is 11.3. The highest BCUT2D eigenvalue weighted by atomic mass is 79.9. The van der Waals surface area contributed by atoms with Crippen molar-refractivity contribution in [3.63, 3.8) is 0 Å². The smallest absolute Gasteiger partial charge is 0.139 e. The minimum atomic E-state index is 0. The molecule has 0 saturated carbocycles. The third kappa shape index (κ3) is 3.70. The minimum Gasteiger partial charge on any atom is -1.00 e. The van der Waals surface area contributed by atoms with Gasteiger partial charge in [-0.15, -0.1) is 0 Å². The molecule has 112 valence electrons. The summed E-state index contributed by atoms with van der Waals surface area (Å²) in [7, 11) is 0. The molecule has 0 aromatic heterocycles. The highest BCUT2D eigenvalue weighted by Gasteiger charge is 2.47. The normalized spacial score (nSPS) is 39.3. The Kier molecular flexibility index (Phi) is 5.66. The molecule has 0 aliphatic carbocycles. The van der Waals surface area contributed by atoms with Gasteiger partial charge in [-0.25, -0.2) is 14.7 Å². The van der Waals surface area contributed by atoms with Gasteiger partial charge in [0.25, 0.3) is 0 Å². The summed E-state index contributed by atoms with van der Waals surface area (Å²) in [6.07, 6.45) is 8.55. The van der Waals surface area contributed by atoms with E-state index in [1.807, 2.05) is 0 Å². The summed E-state index contributed by atoms with van der Waals surface area (Å²) >= 11 is 0. The van der Waals surface area contributed by atoms with Crippen molar-refractivity contribution in [3.05, 3.63) is 0 Å². The van der Waals surface area contributed by atoms with Gasteiger partial charge < -0.3 is 17.0 Å². The van der Waals surface area contributed by atoms with Crippen LogP contribution in [0.5, 0.6) is 0 Å². The van der Waals surface area contributed by atoms with Gasteiger partial charge in [0.1, 0.15) is 20.0 Å². The fourth-order valence-electron chi connectivity index (χ4n) is 4.10. The predicted molar refractivity (Wildman–Crippen MR) is 73.2 cm³/mol. The lowest BCUT2D eigenvalue weighted by Gasteiger charge is -2.60. The van der Waals surface area contributed by atoms with Gasteiger partial charge in [0.15, 0.2) is 0 Å². The standard InChI is InChI=1S/C14H29N4.BrH/c1-2-3-4-5-6-7-8-18-12-15-9-16(13-18)11-17(10-15)14-18;/h2-14H2,1H3;1H/q+1;/p-1. The summed E-state index contributed by atoms with van der Waals surface area (Å²) in [6, 6.07) is 0. The molecular weight excluding hydrogens is 304 g/mol. The first-order valence-electron chi connectivity index (χ1n) is 7.82. The Morgan fingerprint density at radius 2 is 1.21 bits per heavy atom. The van der Waals surface area contributed by atoms with Crippen molar-refractivity contribution in [2.45, 2.75) is 45.4 Å². The average Bonchev–Trinajstić information content (AvgIpc) is 2.32. The Morgan fingerprint density at radius 1 is 0.737 bits per heavy atom. The number of nitrogens with zero attached hydrogens (tertiary/aromatic N) is 4. The number of rotatable bonds is 7. The van der Waals surface area contributed by atoms with Crippen molar-refractivity contribution in [1.82, 2.24) is 14.7 Å². The molecule has 0 N–H and O–H groups in total. The molecular formula is C14H29BrN4. The molecule has 4 rings (SSSR count). The molecule has 0 aromatic rings. The van der Waals surface area contributed by atoms with Gasteiger partial charge in [-0.1, -0.05) is 32.6 Å². The zero-order valence-corrected chi connectivity index (χ0v) is 13.9. The van der Waals surface area contributed by atoms with Gasteiger partial charge >= 0.3 is 0 Å². The van der Waals surface area contributed by atoms with Crippen molar-refractivity contribution in [2.24, 2.45) is 0 Å². The first kappa shape index (κ1) is 15.7. The lowest BCUT2D eigenvalue weighted by Crippen LogP contribution is -3.00. The van der Waals surface area contributed by atoms with Crippen LogP contribution in [-0.2, 0) is 0 Å². The van der Waals surface area contributed by atoms with E-state index in [1.165, 1.54) is 89.6 Å². The van der Waals surface area contributed by atoms with Gasteiger partial charge in [0, 0.05) is 0 Å². The quantitative estimate of drug-likeness (QED) is 0.431. The number of halogens is 1. The molecule has 4 aliphatic heterocycles. The summed E-state index contributed by atoms with van der Waals surface area (Å²) in [5.41, 5.74) is 0. The van der Waals surface area contributed by atoms with Crippen LogP contribution in [0.2, 0.25) is 0 Å². The molecule has 19 heavy (non-hydrogen) atoms. The third-order valence-electron chi connectivity index (χ3n) is 4.69. The molecule has 4 saturated heterocycles. The summed E-state index contributed by atoms with van der Waals surface area (Å²) in [5, 5.41) is 0. The first-order chi connectivity index (χ1) is 8.80. The number of hydrogen-bond donors (Lipinski definition) is 0. The fourth-order valence-corrected chi connectivity index (χ4v) is 4.10. The van der Waals surface area contributed by atoms with Crippen LogP contribution in [0.4, 0.5) is 0 Å². The second-order valence-corrected chi connectivity index (χ2v) is 6.69. The van der Waals surface area contributed by atoms with Gasteiger partial charge in [-0.2, -0.15) is 0 Å². The van der Waals surface area contributed by atoms with Crippen LogP contribution in [0.3, 0.4) is 0 Å². The maximum absolute atomic E-state index is 2.62.